The SMILES string of the molecule is CCc1nn(C)c2c1[nH]c(=S)n2CC1CCCO1. The number of H-pyrrole nitrogens is 1. The monoisotopic (exact) mass is 266 g/mol. The van der Waals surface area contributed by atoms with Crippen LogP contribution in [0.1, 0.15) is 25.5 Å². The Morgan fingerprint density at radius 3 is 3.06 bits per heavy atom. The van der Waals surface area contributed by atoms with Gasteiger partial charge in [-0.05, 0) is 31.5 Å². The van der Waals surface area contributed by atoms with Crippen molar-refractivity contribution in [1.82, 2.24) is 19.3 Å². The Balaban J connectivity index is 2.07. The molecule has 3 heterocycles. The summed E-state index contributed by atoms with van der Waals surface area (Å²) in [5, 5.41) is 4.52. The van der Waals surface area contributed by atoms with E-state index in [4.69, 9.17) is 17.0 Å². The van der Waals surface area contributed by atoms with E-state index >= 15 is 0 Å². The molecule has 2 aromatic rings. The average molecular weight is 266 g/mol. The summed E-state index contributed by atoms with van der Waals surface area (Å²) in [4.78, 5) is 3.28. The van der Waals surface area contributed by atoms with E-state index < -0.39 is 0 Å². The van der Waals surface area contributed by atoms with Crippen molar-refractivity contribution in [2.45, 2.75) is 38.8 Å². The minimum atomic E-state index is 0.288. The van der Waals surface area contributed by atoms with Gasteiger partial charge in [0, 0.05) is 13.7 Å². The molecule has 0 spiro atoms. The topological polar surface area (TPSA) is 47.8 Å². The van der Waals surface area contributed by atoms with E-state index in [0.29, 0.717) is 0 Å². The highest BCUT2D eigenvalue weighted by molar-refractivity contribution is 7.71. The number of nitrogens with zero attached hydrogens (tertiary/aromatic N) is 3. The van der Waals surface area contributed by atoms with E-state index in [1.165, 1.54) is 0 Å². The van der Waals surface area contributed by atoms with Gasteiger partial charge in [0.2, 0.25) is 0 Å². The molecule has 2 aromatic heterocycles. The zero-order chi connectivity index (χ0) is 12.7. The summed E-state index contributed by atoms with van der Waals surface area (Å²) in [5.41, 5.74) is 3.22. The first-order valence-electron chi connectivity index (χ1n) is 6.46. The summed E-state index contributed by atoms with van der Waals surface area (Å²) in [6.07, 6.45) is 3.46. The summed E-state index contributed by atoms with van der Waals surface area (Å²) < 4.78 is 10.5. The van der Waals surface area contributed by atoms with Crippen LogP contribution in [0.5, 0.6) is 0 Å². The smallest absolute Gasteiger partial charge is 0.179 e. The minimum absolute atomic E-state index is 0.288. The predicted octanol–water partition coefficient (Wildman–Crippen LogP) is 2.17. The maximum absolute atomic E-state index is 5.69. The van der Waals surface area contributed by atoms with Crippen molar-refractivity contribution in [3.63, 3.8) is 0 Å². The number of aromatic amines is 1. The Morgan fingerprint density at radius 1 is 1.56 bits per heavy atom. The molecule has 3 rings (SSSR count). The largest absolute Gasteiger partial charge is 0.376 e. The predicted molar refractivity (Wildman–Crippen MR) is 72.2 cm³/mol. The molecule has 1 aliphatic rings. The first-order valence-corrected chi connectivity index (χ1v) is 6.87. The van der Waals surface area contributed by atoms with Crippen molar-refractivity contribution in [1.29, 1.82) is 0 Å². The fourth-order valence-electron chi connectivity index (χ4n) is 2.69. The average Bonchev–Trinajstić information content (AvgIpc) is 3.01. The third-order valence-corrected chi connectivity index (χ3v) is 3.89. The number of aryl methyl sites for hydroxylation is 2. The van der Waals surface area contributed by atoms with Crippen LogP contribution in [0.4, 0.5) is 0 Å². The van der Waals surface area contributed by atoms with Gasteiger partial charge in [0.25, 0.3) is 0 Å². The summed E-state index contributed by atoms with van der Waals surface area (Å²) >= 11 is 5.42. The van der Waals surface area contributed by atoms with E-state index in [1.54, 1.807) is 0 Å². The number of hydrogen-bond donors (Lipinski definition) is 1. The van der Waals surface area contributed by atoms with Crippen LogP contribution >= 0.6 is 12.2 Å². The Kier molecular flexibility index (Phi) is 2.99. The van der Waals surface area contributed by atoms with E-state index in [-0.39, 0.29) is 6.10 Å². The van der Waals surface area contributed by atoms with Crippen LogP contribution in [-0.2, 0) is 24.8 Å². The van der Waals surface area contributed by atoms with Gasteiger partial charge in [-0.15, -0.1) is 0 Å². The highest BCUT2D eigenvalue weighted by Crippen LogP contribution is 2.21. The third-order valence-electron chi connectivity index (χ3n) is 3.57. The molecule has 0 saturated carbocycles. The van der Waals surface area contributed by atoms with Crippen molar-refractivity contribution in [2.75, 3.05) is 6.61 Å². The third kappa shape index (κ3) is 1.80. The molecule has 0 aliphatic carbocycles. The molecule has 1 unspecified atom stereocenters. The summed E-state index contributed by atoms with van der Waals surface area (Å²) in [7, 11) is 1.97. The molecule has 5 nitrogen and oxygen atoms in total. The van der Waals surface area contributed by atoms with Crippen LogP contribution < -0.4 is 0 Å². The summed E-state index contributed by atoms with van der Waals surface area (Å²) in [6, 6.07) is 0. The molecule has 1 fully saturated rings. The van der Waals surface area contributed by atoms with Crippen LogP contribution in [0.2, 0.25) is 0 Å². The Morgan fingerprint density at radius 2 is 2.39 bits per heavy atom. The number of aromatic nitrogens is 4. The van der Waals surface area contributed by atoms with Gasteiger partial charge < -0.3 is 9.72 Å². The standard InChI is InChI=1S/C12H18N4OS/c1-3-9-10-11(15(2)14-9)16(12(18)13-10)7-8-5-4-6-17-8/h8H,3-7H2,1-2H3,(H,13,18). The first-order chi connectivity index (χ1) is 8.70. The zero-order valence-corrected chi connectivity index (χ0v) is 11.6. The zero-order valence-electron chi connectivity index (χ0n) is 10.8. The van der Waals surface area contributed by atoms with Crippen LogP contribution in [-0.4, -0.2) is 32.0 Å². The Bertz CT molecular complexity index is 618. The quantitative estimate of drug-likeness (QED) is 0.866. The number of rotatable bonds is 3. The lowest BCUT2D eigenvalue weighted by atomic mass is 10.2. The molecule has 1 aliphatic heterocycles. The molecule has 0 radical (unpaired) electrons. The second-order valence-corrected chi connectivity index (χ2v) is 5.18. The van der Waals surface area contributed by atoms with Gasteiger partial charge in [-0.3, -0.25) is 9.25 Å². The van der Waals surface area contributed by atoms with Crippen molar-refractivity contribution in [2.24, 2.45) is 7.05 Å². The van der Waals surface area contributed by atoms with Crippen molar-refractivity contribution < 1.29 is 4.74 Å². The Hall–Kier alpha value is -1.14. The molecule has 0 amide bonds. The van der Waals surface area contributed by atoms with E-state index in [0.717, 1.165) is 54.0 Å². The van der Waals surface area contributed by atoms with Crippen LogP contribution in [0.25, 0.3) is 11.2 Å². The molecule has 0 aromatic carbocycles. The highest BCUT2D eigenvalue weighted by atomic mass is 32.1. The maximum atomic E-state index is 5.69. The van der Waals surface area contributed by atoms with Crippen LogP contribution in [0.3, 0.4) is 0 Å². The molecule has 0 bridgehead atoms. The summed E-state index contributed by atoms with van der Waals surface area (Å²) in [6.45, 7) is 3.80. The molecule has 1 saturated heterocycles. The molecular formula is C12H18N4OS. The van der Waals surface area contributed by atoms with E-state index in [2.05, 4.69) is 21.6 Å². The second kappa shape index (κ2) is 4.51. The first kappa shape index (κ1) is 11.9. The lowest BCUT2D eigenvalue weighted by Gasteiger charge is -2.10. The number of nitrogens with one attached hydrogen (secondary N) is 1. The molecule has 6 heteroatoms. The summed E-state index contributed by atoms with van der Waals surface area (Å²) in [5.74, 6) is 0. The van der Waals surface area contributed by atoms with Gasteiger partial charge in [-0.25, -0.2) is 0 Å². The fourth-order valence-corrected chi connectivity index (χ4v) is 2.95. The van der Waals surface area contributed by atoms with Gasteiger partial charge in [-0.2, -0.15) is 5.10 Å². The van der Waals surface area contributed by atoms with E-state index in [1.807, 2.05) is 11.7 Å². The number of hydrogen-bond acceptors (Lipinski definition) is 3. The fraction of sp³-hybridized carbons (Fsp3) is 0.667. The molecular weight excluding hydrogens is 248 g/mol. The van der Waals surface area contributed by atoms with E-state index in [9.17, 15) is 0 Å². The molecule has 98 valence electrons. The van der Waals surface area contributed by atoms with Gasteiger partial charge >= 0.3 is 0 Å². The van der Waals surface area contributed by atoms with Gasteiger partial charge in [-0.1, -0.05) is 6.92 Å². The Labute approximate surface area is 111 Å². The van der Waals surface area contributed by atoms with Gasteiger partial charge in [0.15, 0.2) is 10.4 Å². The lowest BCUT2D eigenvalue weighted by molar-refractivity contribution is 0.0973. The molecule has 18 heavy (non-hydrogen) atoms. The van der Waals surface area contributed by atoms with Crippen molar-refractivity contribution >= 4 is 23.4 Å². The normalized spacial score (nSPS) is 20.0. The number of ether oxygens (including phenoxy) is 1. The molecule has 1 atom stereocenters. The van der Waals surface area contributed by atoms with Crippen LogP contribution in [0.15, 0.2) is 0 Å². The second-order valence-electron chi connectivity index (χ2n) is 4.80. The van der Waals surface area contributed by atoms with Crippen molar-refractivity contribution in [3.05, 3.63) is 10.5 Å². The minimum Gasteiger partial charge on any atom is -0.376 e. The lowest BCUT2D eigenvalue weighted by Crippen LogP contribution is -2.16. The highest BCUT2D eigenvalue weighted by Gasteiger charge is 2.20. The number of imidazole rings is 1. The van der Waals surface area contributed by atoms with Gasteiger partial charge in [0.05, 0.1) is 18.3 Å². The molecule has 1 N–H and O–H groups in total. The number of fused-ring (bicyclic) bond motifs is 1. The van der Waals surface area contributed by atoms with Crippen LogP contribution in [0, 0.1) is 4.77 Å². The maximum Gasteiger partial charge on any atom is 0.179 e. The van der Waals surface area contributed by atoms with Gasteiger partial charge in [0.1, 0.15) is 5.52 Å². The van der Waals surface area contributed by atoms with Crippen molar-refractivity contribution in [3.8, 4) is 0 Å².